The monoisotopic (exact) mass is 383 g/mol. The lowest BCUT2D eigenvalue weighted by atomic mass is 9.99. The molecular weight excluding hydrogens is 373 g/mol. The number of alkyl halides is 5. The van der Waals surface area contributed by atoms with Crippen LogP contribution in [0.3, 0.4) is 0 Å². The molecule has 1 atom stereocenters. The molecule has 0 amide bonds. The van der Waals surface area contributed by atoms with Crippen LogP contribution in [0.25, 0.3) is 0 Å². The van der Waals surface area contributed by atoms with E-state index in [1.807, 2.05) is 0 Å². The summed E-state index contributed by atoms with van der Waals surface area (Å²) in [6.07, 6.45) is -8.52. The van der Waals surface area contributed by atoms with E-state index in [4.69, 9.17) is 5.73 Å². The molecule has 10 heteroatoms. The fraction of sp³-hybridized carbons (Fsp3) is 0.200. The second-order valence-corrected chi connectivity index (χ2v) is 4.97. The van der Waals surface area contributed by atoms with Gasteiger partial charge in [-0.15, -0.1) is 34.4 Å². The Bertz CT molecular complexity index is 752. The van der Waals surface area contributed by atoms with Gasteiger partial charge in [0, 0.05) is 0 Å². The van der Waals surface area contributed by atoms with Gasteiger partial charge < -0.3 is 19.9 Å². The van der Waals surface area contributed by atoms with Crippen LogP contribution in [0.2, 0.25) is 0 Å². The maximum atomic E-state index is 13.0. The fourth-order valence-electron chi connectivity index (χ4n) is 2.23. The number of hydrogen-bond acceptors (Lipinski definition) is 4. The quantitative estimate of drug-likeness (QED) is 0.799. The average Bonchev–Trinajstić information content (AvgIpc) is 2.78. The highest BCUT2D eigenvalue weighted by atomic mass is 35.5. The van der Waals surface area contributed by atoms with Crippen LogP contribution in [0.1, 0.15) is 17.2 Å². The molecule has 1 aliphatic rings. The SMILES string of the molecule is Cl.N[C@H](c1ccc(OC(F)(F)F)cc1)c1ccc2c(c1)OC(F)(F)O2. The third kappa shape index (κ3) is 4.43. The van der Waals surface area contributed by atoms with E-state index in [0.717, 1.165) is 12.1 Å². The molecule has 0 saturated heterocycles. The van der Waals surface area contributed by atoms with Gasteiger partial charge in [0.1, 0.15) is 5.75 Å². The molecule has 0 radical (unpaired) electrons. The average molecular weight is 384 g/mol. The van der Waals surface area contributed by atoms with E-state index in [1.165, 1.54) is 30.3 Å². The number of halogens is 6. The zero-order valence-electron chi connectivity index (χ0n) is 12.2. The van der Waals surface area contributed by atoms with Crippen LogP contribution in [-0.2, 0) is 0 Å². The summed E-state index contributed by atoms with van der Waals surface area (Å²) < 4.78 is 74.7. The molecule has 0 bridgehead atoms. The third-order valence-corrected chi connectivity index (χ3v) is 3.26. The van der Waals surface area contributed by atoms with Crippen molar-refractivity contribution in [1.29, 1.82) is 0 Å². The second kappa shape index (κ2) is 6.57. The first-order valence-corrected chi connectivity index (χ1v) is 6.64. The van der Waals surface area contributed by atoms with Crippen LogP contribution in [0, 0.1) is 0 Å². The van der Waals surface area contributed by atoms with Crippen LogP contribution >= 0.6 is 12.4 Å². The summed E-state index contributed by atoms with van der Waals surface area (Å²) in [5.74, 6) is -0.668. The number of rotatable bonds is 3. The minimum atomic E-state index is -4.79. The first-order chi connectivity index (χ1) is 11.1. The molecular formula is C15H11ClF5NO3. The van der Waals surface area contributed by atoms with Gasteiger partial charge in [-0.3, -0.25) is 0 Å². The van der Waals surface area contributed by atoms with Crippen LogP contribution in [0.15, 0.2) is 42.5 Å². The molecule has 3 rings (SSSR count). The minimum absolute atomic E-state index is 0. The number of fused-ring (bicyclic) bond motifs is 1. The number of benzene rings is 2. The Morgan fingerprint density at radius 3 is 2.08 bits per heavy atom. The lowest BCUT2D eigenvalue weighted by Crippen LogP contribution is -2.25. The van der Waals surface area contributed by atoms with Gasteiger partial charge in [-0.25, -0.2) is 0 Å². The Morgan fingerprint density at radius 1 is 0.920 bits per heavy atom. The molecule has 2 aromatic rings. The van der Waals surface area contributed by atoms with Crippen molar-refractivity contribution in [1.82, 2.24) is 0 Å². The lowest BCUT2D eigenvalue weighted by molar-refractivity contribution is -0.286. The van der Waals surface area contributed by atoms with Crippen LogP contribution in [-0.4, -0.2) is 12.7 Å². The lowest BCUT2D eigenvalue weighted by Gasteiger charge is -2.14. The van der Waals surface area contributed by atoms with Gasteiger partial charge in [0.15, 0.2) is 11.5 Å². The normalized spacial score (nSPS) is 16.1. The maximum absolute atomic E-state index is 13.0. The Hall–Kier alpha value is -2.26. The van der Waals surface area contributed by atoms with Gasteiger partial charge in [-0.1, -0.05) is 18.2 Å². The van der Waals surface area contributed by atoms with Crippen molar-refractivity contribution < 1.29 is 36.2 Å². The first-order valence-electron chi connectivity index (χ1n) is 6.64. The predicted octanol–water partition coefficient (Wildman–Crippen LogP) is 4.38. The van der Waals surface area contributed by atoms with Crippen LogP contribution < -0.4 is 19.9 Å². The van der Waals surface area contributed by atoms with Gasteiger partial charge in [0.2, 0.25) is 0 Å². The topological polar surface area (TPSA) is 53.7 Å². The Labute approximate surface area is 144 Å². The van der Waals surface area contributed by atoms with Crippen LogP contribution in [0.4, 0.5) is 22.0 Å². The van der Waals surface area contributed by atoms with Crippen molar-refractivity contribution in [3.05, 3.63) is 53.6 Å². The summed E-state index contributed by atoms with van der Waals surface area (Å²) in [5, 5.41) is 0. The maximum Gasteiger partial charge on any atom is 0.586 e. The number of nitrogens with two attached hydrogens (primary N) is 1. The highest BCUT2D eigenvalue weighted by Gasteiger charge is 2.43. The van der Waals surface area contributed by atoms with Crippen molar-refractivity contribution in [2.24, 2.45) is 5.73 Å². The van der Waals surface area contributed by atoms with E-state index in [0.29, 0.717) is 11.1 Å². The molecule has 25 heavy (non-hydrogen) atoms. The standard InChI is InChI=1S/C15H10F5NO3.ClH/c16-14(17,18)22-10-4-1-8(2-5-10)13(21)9-3-6-11-12(7-9)24-15(19,20)23-11;/h1-7,13H,21H2;1H/t13-;/m1./s1. The van der Waals surface area contributed by atoms with Crippen molar-refractivity contribution in [3.63, 3.8) is 0 Å². The molecule has 0 spiro atoms. The molecule has 0 aromatic heterocycles. The van der Waals surface area contributed by atoms with Gasteiger partial charge in [0.05, 0.1) is 6.04 Å². The van der Waals surface area contributed by atoms with E-state index in [-0.39, 0.29) is 29.7 Å². The van der Waals surface area contributed by atoms with Crippen molar-refractivity contribution >= 4 is 12.4 Å². The summed E-state index contributed by atoms with van der Waals surface area (Å²) in [4.78, 5) is 0. The Morgan fingerprint density at radius 2 is 1.48 bits per heavy atom. The summed E-state index contributed by atoms with van der Waals surface area (Å²) in [6.45, 7) is 0. The predicted molar refractivity (Wildman–Crippen MR) is 79.0 cm³/mol. The number of ether oxygens (including phenoxy) is 3. The molecule has 1 heterocycles. The first kappa shape index (κ1) is 19.1. The second-order valence-electron chi connectivity index (χ2n) is 4.97. The molecule has 0 unspecified atom stereocenters. The van der Waals surface area contributed by atoms with Crippen molar-refractivity contribution in [2.45, 2.75) is 18.7 Å². The molecule has 4 nitrogen and oxygen atoms in total. The molecule has 1 aliphatic heterocycles. The highest BCUT2D eigenvalue weighted by molar-refractivity contribution is 5.85. The molecule has 0 fully saturated rings. The molecule has 2 aromatic carbocycles. The van der Waals surface area contributed by atoms with Gasteiger partial charge >= 0.3 is 12.7 Å². The zero-order chi connectivity index (χ0) is 17.5. The minimum Gasteiger partial charge on any atom is -0.406 e. The summed E-state index contributed by atoms with van der Waals surface area (Å²) in [7, 11) is 0. The zero-order valence-corrected chi connectivity index (χ0v) is 13.0. The molecule has 0 saturated carbocycles. The fourth-order valence-corrected chi connectivity index (χ4v) is 2.23. The Balaban J connectivity index is 0.00000225. The van der Waals surface area contributed by atoms with E-state index in [2.05, 4.69) is 14.2 Å². The van der Waals surface area contributed by atoms with Crippen LogP contribution in [0.5, 0.6) is 17.2 Å². The largest absolute Gasteiger partial charge is 0.586 e. The molecule has 0 aliphatic carbocycles. The third-order valence-electron chi connectivity index (χ3n) is 3.26. The van der Waals surface area contributed by atoms with E-state index < -0.39 is 18.7 Å². The number of hydrogen-bond donors (Lipinski definition) is 1. The summed E-state index contributed by atoms with van der Waals surface area (Å²) in [6, 6.07) is 8.22. The van der Waals surface area contributed by atoms with E-state index in [1.54, 1.807) is 0 Å². The van der Waals surface area contributed by atoms with E-state index >= 15 is 0 Å². The van der Waals surface area contributed by atoms with Crippen molar-refractivity contribution in [3.8, 4) is 17.2 Å². The molecule has 2 N–H and O–H groups in total. The highest BCUT2D eigenvalue weighted by Crippen LogP contribution is 2.42. The van der Waals surface area contributed by atoms with Crippen molar-refractivity contribution in [2.75, 3.05) is 0 Å². The molecule has 136 valence electrons. The van der Waals surface area contributed by atoms with Gasteiger partial charge in [0.25, 0.3) is 0 Å². The summed E-state index contributed by atoms with van der Waals surface area (Å²) >= 11 is 0. The van der Waals surface area contributed by atoms with Gasteiger partial charge in [-0.05, 0) is 35.4 Å². The van der Waals surface area contributed by atoms with Gasteiger partial charge in [-0.2, -0.15) is 0 Å². The smallest absolute Gasteiger partial charge is 0.406 e. The Kier molecular flexibility index (Phi) is 5.01. The van der Waals surface area contributed by atoms with E-state index in [9.17, 15) is 22.0 Å². The summed E-state index contributed by atoms with van der Waals surface area (Å²) in [5.41, 5.74) is 6.91.